The molecule has 2 N–H and O–H groups in total. The third kappa shape index (κ3) is 4.19. The molecule has 0 aliphatic rings. The molecule has 0 heterocycles. The van der Waals surface area contributed by atoms with Crippen LogP contribution in [0.1, 0.15) is 26.3 Å². The molecule has 0 fully saturated rings. The highest BCUT2D eigenvalue weighted by molar-refractivity contribution is 9.10. The van der Waals surface area contributed by atoms with Crippen LogP contribution < -0.4 is 10.9 Å². The van der Waals surface area contributed by atoms with Crippen molar-refractivity contribution in [2.45, 2.75) is 6.92 Å². The minimum atomic E-state index is -0.931. The molecule has 0 bridgehead atoms. The summed E-state index contributed by atoms with van der Waals surface area (Å²) in [4.78, 5) is 44.5. The molecule has 2 aromatic rings. The normalized spacial score (nSPS) is 10.1. The number of amides is 2. The number of halogens is 1. The van der Waals surface area contributed by atoms with Crippen molar-refractivity contribution in [2.24, 2.45) is 0 Å². The van der Waals surface area contributed by atoms with Crippen LogP contribution in [0.15, 0.2) is 40.9 Å². The van der Waals surface area contributed by atoms with Crippen LogP contribution in [-0.2, 0) is 0 Å². The van der Waals surface area contributed by atoms with Gasteiger partial charge in [-0.15, -0.1) is 0 Å². The second kappa shape index (κ2) is 7.70. The number of carbonyl (C=O) groups is 2. The van der Waals surface area contributed by atoms with Gasteiger partial charge in [0, 0.05) is 22.2 Å². The minimum Gasteiger partial charge on any atom is -0.267 e. The Labute approximate surface area is 154 Å². The number of nitro groups is 2. The summed E-state index contributed by atoms with van der Waals surface area (Å²) in [5, 5.41) is 22.1. The number of nitro benzene ring substituents is 2. The molecule has 0 aliphatic heterocycles. The van der Waals surface area contributed by atoms with E-state index in [-0.39, 0.29) is 16.7 Å². The summed E-state index contributed by atoms with van der Waals surface area (Å²) in [5.74, 6) is -1.56. The predicted octanol–water partition coefficient (Wildman–Crippen LogP) is 2.65. The summed E-state index contributed by atoms with van der Waals surface area (Å²) in [6, 6.07) is 8.16. The van der Waals surface area contributed by atoms with E-state index >= 15 is 0 Å². The summed E-state index contributed by atoms with van der Waals surface area (Å²) >= 11 is 3.20. The molecule has 0 aromatic heterocycles. The van der Waals surface area contributed by atoms with E-state index in [1.807, 2.05) is 0 Å². The number of hydrogen-bond donors (Lipinski definition) is 2. The van der Waals surface area contributed by atoms with Crippen LogP contribution in [0.3, 0.4) is 0 Å². The van der Waals surface area contributed by atoms with Gasteiger partial charge in [-0.25, -0.2) is 0 Å². The topological polar surface area (TPSA) is 144 Å². The van der Waals surface area contributed by atoms with E-state index in [4.69, 9.17) is 0 Å². The van der Waals surface area contributed by atoms with Gasteiger partial charge in [0.25, 0.3) is 23.2 Å². The van der Waals surface area contributed by atoms with E-state index in [0.717, 1.165) is 12.1 Å². The van der Waals surface area contributed by atoms with E-state index < -0.39 is 33.0 Å². The van der Waals surface area contributed by atoms with Gasteiger partial charge in [-0.05, 0) is 25.1 Å². The van der Waals surface area contributed by atoms with E-state index in [0.29, 0.717) is 4.47 Å². The Morgan fingerprint density at radius 3 is 1.88 bits per heavy atom. The fourth-order valence-electron chi connectivity index (χ4n) is 2.08. The predicted molar refractivity (Wildman–Crippen MR) is 93.6 cm³/mol. The van der Waals surface area contributed by atoms with Gasteiger partial charge in [-0.1, -0.05) is 22.0 Å². The lowest BCUT2D eigenvalue weighted by molar-refractivity contribution is -0.395. The van der Waals surface area contributed by atoms with E-state index in [2.05, 4.69) is 26.8 Å². The summed E-state index contributed by atoms with van der Waals surface area (Å²) in [6.07, 6.45) is 0. The van der Waals surface area contributed by atoms with Crippen molar-refractivity contribution < 1.29 is 19.4 Å². The van der Waals surface area contributed by atoms with Gasteiger partial charge in [0.15, 0.2) is 0 Å². The van der Waals surface area contributed by atoms with Gasteiger partial charge in [0.1, 0.15) is 5.56 Å². The molecule has 0 saturated carbocycles. The zero-order valence-electron chi connectivity index (χ0n) is 13.2. The lowest BCUT2D eigenvalue weighted by atomic mass is 10.1. The standard InChI is InChI=1S/C15H11BrN4O6/c1-8-12(19(23)24)6-10(7-13(8)20(25)26)15(22)18-17-14(21)9-3-2-4-11(16)5-9/h2-7H,1H3,(H,17,21)(H,18,22). The number of nitrogens with zero attached hydrogens (tertiary/aromatic N) is 2. The molecule has 0 unspecified atom stereocenters. The monoisotopic (exact) mass is 422 g/mol. The average molecular weight is 423 g/mol. The number of nitrogens with one attached hydrogen (secondary N) is 2. The van der Waals surface area contributed by atoms with Gasteiger partial charge >= 0.3 is 0 Å². The van der Waals surface area contributed by atoms with Crippen LogP contribution >= 0.6 is 15.9 Å². The second-order valence-electron chi connectivity index (χ2n) is 5.07. The Morgan fingerprint density at radius 2 is 1.42 bits per heavy atom. The van der Waals surface area contributed by atoms with Gasteiger partial charge in [-0.3, -0.25) is 40.7 Å². The Balaban J connectivity index is 2.23. The first-order valence-electron chi connectivity index (χ1n) is 7.00. The molecule has 134 valence electrons. The highest BCUT2D eigenvalue weighted by Crippen LogP contribution is 2.29. The minimum absolute atomic E-state index is 0.172. The van der Waals surface area contributed by atoms with Crippen LogP contribution in [0.2, 0.25) is 0 Å². The van der Waals surface area contributed by atoms with Crippen molar-refractivity contribution in [2.75, 3.05) is 0 Å². The smallest absolute Gasteiger partial charge is 0.267 e. The van der Waals surface area contributed by atoms with E-state index in [9.17, 15) is 29.8 Å². The summed E-state index contributed by atoms with van der Waals surface area (Å²) < 4.78 is 0.654. The number of hydrogen-bond acceptors (Lipinski definition) is 6. The molecule has 10 nitrogen and oxygen atoms in total. The number of benzene rings is 2. The SMILES string of the molecule is Cc1c([N+](=O)[O-])cc(C(=O)NNC(=O)c2cccc(Br)c2)cc1[N+](=O)[O-]. The molecule has 0 aliphatic carbocycles. The Kier molecular flexibility index (Phi) is 5.62. The molecule has 0 saturated heterocycles. The highest BCUT2D eigenvalue weighted by atomic mass is 79.9. The first-order chi connectivity index (χ1) is 12.2. The fraction of sp³-hybridized carbons (Fsp3) is 0.0667. The van der Waals surface area contributed by atoms with Crippen LogP contribution in [-0.4, -0.2) is 21.7 Å². The average Bonchev–Trinajstić information content (AvgIpc) is 2.58. The summed E-state index contributed by atoms with van der Waals surface area (Å²) in [7, 11) is 0. The molecule has 2 rings (SSSR count). The van der Waals surface area contributed by atoms with E-state index in [1.165, 1.54) is 19.1 Å². The van der Waals surface area contributed by atoms with Crippen LogP contribution in [0, 0.1) is 27.2 Å². The number of carbonyl (C=O) groups excluding carboxylic acids is 2. The summed E-state index contributed by atoms with van der Waals surface area (Å²) in [5.41, 5.74) is 2.82. The lowest BCUT2D eigenvalue weighted by Crippen LogP contribution is -2.41. The molecule has 0 spiro atoms. The number of rotatable bonds is 4. The first kappa shape index (κ1) is 19.0. The van der Waals surface area contributed by atoms with Gasteiger partial charge in [0.2, 0.25) is 0 Å². The number of hydrazine groups is 1. The van der Waals surface area contributed by atoms with Crippen molar-refractivity contribution in [3.8, 4) is 0 Å². The Bertz CT molecular complexity index is 895. The zero-order valence-corrected chi connectivity index (χ0v) is 14.8. The van der Waals surface area contributed by atoms with Gasteiger partial charge in [0.05, 0.1) is 15.4 Å². The third-order valence-corrected chi connectivity index (χ3v) is 3.88. The molecule has 0 radical (unpaired) electrons. The summed E-state index contributed by atoms with van der Waals surface area (Å²) in [6.45, 7) is 1.22. The molecule has 0 atom stereocenters. The maximum Gasteiger partial charge on any atom is 0.279 e. The fourth-order valence-corrected chi connectivity index (χ4v) is 2.48. The molecular weight excluding hydrogens is 412 g/mol. The van der Waals surface area contributed by atoms with Crippen LogP contribution in [0.5, 0.6) is 0 Å². The Morgan fingerprint density at radius 1 is 0.923 bits per heavy atom. The van der Waals surface area contributed by atoms with Crippen molar-refractivity contribution in [1.82, 2.24) is 10.9 Å². The van der Waals surface area contributed by atoms with E-state index in [1.54, 1.807) is 12.1 Å². The molecule has 11 heteroatoms. The van der Waals surface area contributed by atoms with Gasteiger partial charge in [-0.2, -0.15) is 0 Å². The van der Waals surface area contributed by atoms with Crippen molar-refractivity contribution in [3.05, 3.63) is 77.8 Å². The van der Waals surface area contributed by atoms with Crippen molar-refractivity contribution in [1.29, 1.82) is 0 Å². The highest BCUT2D eigenvalue weighted by Gasteiger charge is 2.25. The molecule has 2 aromatic carbocycles. The van der Waals surface area contributed by atoms with Crippen LogP contribution in [0.25, 0.3) is 0 Å². The Hall–Kier alpha value is -3.34. The molecular formula is C15H11BrN4O6. The van der Waals surface area contributed by atoms with Crippen molar-refractivity contribution in [3.63, 3.8) is 0 Å². The lowest BCUT2D eigenvalue weighted by Gasteiger charge is -2.08. The zero-order chi connectivity index (χ0) is 19.4. The third-order valence-electron chi connectivity index (χ3n) is 3.38. The maximum absolute atomic E-state index is 12.1. The quantitative estimate of drug-likeness (QED) is 0.571. The van der Waals surface area contributed by atoms with Gasteiger partial charge < -0.3 is 0 Å². The maximum atomic E-state index is 12.1. The van der Waals surface area contributed by atoms with Crippen LogP contribution in [0.4, 0.5) is 11.4 Å². The largest absolute Gasteiger partial charge is 0.279 e. The molecule has 2 amide bonds. The second-order valence-corrected chi connectivity index (χ2v) is 5.99. The van der Waals surface area contributed by atoms with Crippen molar-refractivity contribution >= 4 is 39.1 Å². The molecule has 26 heavy (non-hydrogen) atoms. The first-order valence-corrected chi connectivity index (χ1v) is 7.79.